The standard InChI is InChI=1S/C15H20N2O2S/c1-17-7-3-4-12(17)8-11-10-16-15-6-5-13(9-14(11)15)20(2,18)19/h5-6,9-10,12,16H,3-4,7-8H2,1-2H3/t12-/m1/s1. The van der Waals surface area contributed by atoms with Crippen LogP contribution in [0.15, 0.2) is 29.3 Å². The number of likely N-dealkylation sites (tertiary alicyclic amines) is 1. The Morgan fingerprint density at radius 2 is 2.20 bits per heavy atom. The molecule has 1 atom stereocenters. The van der Waals surface area contributed by atoms with Crippen molar-refractivity contribution in [2.75, 3.05) is 19.8 Å². The lowest BCUT2D eigenvalue weighted by atomic mass is 10.0. The van der Waals surface area contributed by atoms with E-state index in [1.807, 2.05) is 12.3 Å². The molecule has 0 amide bonds. The van der Waals surface area contributed by atoms with Crippen LogP contribution < -0.4 is 0 Å². The van der Waals surface area contributed by atoms with Crippen LogP contribution in [0.1, 0.15) is 18.4 Å². The smallest absolute Gasteiger partial charge is 0.175 e. The van der Waals surface area contributed by atoms with E-state index in [2.05, 4.69) is 16.9 Å². The molecule has 20 heavy (non-hydrogen) atoms. The molecule has 2 heterocycles. The van der Waals surface area contributed by atoms with Gasteiger partial charge in [-0.05, 0) is 56.6 Å². The molecule has 4 nitrogen and oxygen atoms in total. The normalized spacial score (nSPS) is 20.8. The van der Waals surface area contributed by atoms with E-state index >= 15 is 0 Å². The third-order valence-electron chi connectivity index (χ3n) is 4.29. The molecule has 0 spiro atoms. The maximum atomic E-state index is 11.7. The van der Waals surface area contributed by atoms with Gasteiger partial charge < -0.3 is 9.88 Å². The van der Waals surface area contributed by atoms with Crippen LogP contribution >= 0.6 is 0 Å². The lowest BCUT2D eigenvalue weighted by molar-refractivity contribution is 0.310. The SMILES string of the molecule is CN1CCC[C@@H]1Cc1c[nH]c2ccc(S(C)(=O)=O)cc12. The maximum Gasteiger partial charge on any atom is 0.175 e. The highest BCUT2D eigenvalue weighted by molar-refractivity contribution is 7.90. The van der Waals surface area contributed by atoms with Gasteiger partial charge in [0.1, 0.15) is 0 Å². The third-order valence-corrected chi connectivity index (χ3v) is 5.40. The Hall–Kier alpha value is -1.33. The van der Waals surface area contributed by atoms with Crippen molar-refractivity contribution in [1.29, 1.82) is 0 Å². The quantitative estimate of drug-likeness (QED) is 0.943. The first-order valence-electron chi connectivity index (χ1n) is 6.95. The van der Waals surface area contributed by atoms with E-state index < -0.39 is 9.84 Å². The number of H-pyrrole nitrogens is 1. The third kappa shape index (κ3) is 2.47. The molecule has 1 aromatic heterocycles. The van der Waals surface area contributed by atoms with Crippen molar-refractivity contribution in [3.8, 4) is 0 Å². The summed E-state index contributed by atoms with van der Waals surface area (Å²) in [4.78, 5) is 6.02. The highest BCUT2D eigenvalue weighted by atomic mass is 32.2. The summed E-state index contributed by atoms with van der Waals surface area (Å²) in [5, 5.41) is 1.04. The largest absolute Gasteiger partial charge is 0.361 e. The van der Waals surface area contributed by atoms with E-state index in [4.69, 9.17) is 0 Å². The van der Waals surface area contributed by atoms with Gasteiger partial charge >= 0.3 is 0 Å². The molecule has 3 rings (SSSR count). The fourth-order valence-corrected chi connectivity index (χ4v) is 3.70. The molecular weight excluding hydrogens is 272 g/mol. The van der Waals surface area contributed by atoms with Crippen molar-refractivity contribution >= 4 is 20.7 Å². The first kappa shape index (κ1) is 13.6. The van der Waals surface area contributed by atoms with E-state index in [9.17, 15) is 8.42 Å². The van der Waals surface area contributed by atoms with Crippen molar-refractivity contribution in [2.45, 2.75) is 30.2 Å². The topological polar surface area (TPSA) is 53.2 Å². The lowest BCUT2D eigenvalue weighted by Gasteiger charge is -2.18. The molecule has 1 aliphatic rings. The lowest BCUT2D eigenvalue weighted by Crippen LogP contribution is -2.26. The van der Waals surface area contributed by atoms with E-state index in [0.717, 1.165) is 23.9 Å². The van der Waals surface area contributed by atoms with Crippen LogP contribution in [0.5, 0.6) is 0 Å². The van der Waals surface area contributed by atoms with E-state index in [0.29, 0.717) is 10.9 Å². The highest BCUT2D eigenvalue weighted by Crippen LogP contribution is 2.26. The average molecular weight is 292 g/mol. The van der Waals surface area contributed by atoms with Crippen molar-refractivity contribution in [1.82, 2.24) is 9.88 Å². The summed E-state index contributed by atoms with van der Waals surface area (Å²) in [6.07, 6.45) is 6.71. The van der Waals surface area contributed by atoms with Gasteiger partial charge in [0.2, 0.25) is 0 Å². The molecule has 0 unspecified atom stereocenters. The number of aromatic nitrogens is 1. The molecule has 0 radical (unpaired) electrons. The van der Waals surface area contributed by atoms with E-state index in [1.54, 1.807) is 12.1 Å². The first-order chi connectivity index (χ1) is 9.45. The second-order valence-electron chi connectivity index (χ2n) is 5.77. The van der Waals surface area contributed by atoms with Gasteiger partial charge in [-0.3, -0.25) is 0 Å². The minimum Gasteiger partial charge on any atom is -0.361 e. The zero-order valence-electron chi connectivity index (χ0n) is 11.9. The van der Waals surface area contributed by atoms with Crippen LogP contribution in [0.2, 0.25) is 0 Å². The molecule has 1 N–H and O–H groups in total. The Kier molecular flexibility index (Phi) is 3.34. The Morgan fingerprint density at radius 1 is 1.40 bits per heavy atom. The van der Waals surface area contributed by atoms with Gasteiger partial charge in [-0.1, -0.05) is 0 Å². The molecule has 1 aromatic carbocycles. The van der Waals surface area contributed by atoms with Crippen molar-refractivity contribution in [3.63, 3.8) is 0 Å². The molecule has 5 heteroatoms. The molecule has 1 saturated heterocycles. The van der Waals surface area contributed by atoms with Crippen LogP contribution in [0.4, 0.5) is 0 Å². The predicted octanol–water partition coefficient (Wildman–Crippen LogP) is 2.21. The molecule has 0 saturated carbocycles. The molecular formula is C15H20N2O2S. The van der Waals surface area contributed by atoms with Crippen molar-refractivity contribution in [3.05, 3.63) is 30.0 Å². The zero-order valence-corrected chi connectivity index (χ0v) is 12.7. The van der Waals surface area contributed by atoms with Crippen molar-refractivity contribution in [2.24, 2.45) is 0 Å². The fraction of sp³-hybridized carbons (Fsp3) is 0.467. The minimum atomic E-state index is -3.15. The number of sulfone groups is 1. The number of rotatable bonds is 3. The number of benzene rings is 1. The Balaban J connectivity index is 1.99. The second-order valence-corrected chi connectivity index (χ2v) is 7.79. The summed E-state index contributed by atoms with van der Waals surface area (Å²) in [7, 11) is -0.990. The van der Waals surface area contributed by atoms with Gasteiger partial charge in [-0.2, -0.15) is 0 Å². The number of nitrogens with one attached hydrogen (secondary N) is 1. The van der Waals surface area contributed by atoms with E-state index in [1.165, 1.54) is 24.7 Å². The Morgan fingerprint density at radius 3 is 2.85 bits per heavy atom. The zero-order chi connectivity index (χ0) is 14.3. The summed E-state index contributed by atoms with van der Waals surface area (Å²) in [6.45, 7) is 1.15. The Labute approximate surface area is 119 Å². The highest BCUT2D eigenvalue weighted by Gasteiger charge is 2.22. The first-order valence-corrected chi connectivity index (χ1v) is 8.84. The minimum absolute atomic E-state index is 0.394. The molecule has 2 aromatic rings. The van der Waals surface area contributed by atoms with Gasteiger partial charge in [-0.15, -0.1) is 0 Å². The molecule has 108 valence electrons. The number of hydrogen-bond donors (Lipinski definition) is 1. The van der Waals surface area contributed by atoms with Crippen LogP contribution in [0.25, 0.3) is 10.9 Å². The number of fused-ring (bicyclic) bond motifs is 1. The van der Waals surface area contributed by atoms with Gasteiger partial charge in [-0.25, -0.2) is 8.42 Å². The van der Waals surface area contributed by atoms with Crippen molar-refractivity contribution < 1.29 is 8.42 Å². The van der Waals surface area contributed by atoms with Crippen LogP contribution in [-0.2, 0) is 16.3 Å². The van der Waals surface area contributed by atoms with Gasteiger partial charge in [0.05, 0.1) is 4.90 Å². The van der Waals surface area contributed by atoms with E-state index in [-0.39, 0.29) is 0 Å². The summed E-state index contributed by atoms with van der Waals surface area (Å²) >= 11 is 0. The maximum absolute atomic E-state index is 11.7. The summed E-state index contributed by atoms with van der Waals surface area (Å²) < 4.78 is 23.4. The summed E-state index contributed by atoms with van der Waals surface area (Å²) in [5.74, 6) is 0. The van der Waals surface area contributed by atoms with Crippen LogP contribution in [0, 0.1) is 0 Å². The van der Waals surface area contributed by atoms with Gasteiger partial charge in [0.25, 0.3) is 0 Å². The number of hydrogen-bond acceptors (Lipinski definition) is 3. The number of aromatic amines is 1. The summed E-state index contributed by atoms with van der Waals surface area (Å²) in [6, 6.07) is 5.88. The van der Waals surface area contributed by atoms with Gasteiger partial charge in [0, 0.05) is 29.4 Å². The molecule has 1 fully saturated rings. The monoisotopic (exact) mass is 292 g/mol. The Bertz CT molecular complexity index is 733. The molecule has 0 bridgehead atoms. The molecule has 1 aliphatic heterocycles. The van der Waals surface area contributed by atoms with Gasteiger partial charge in [0.15, 0.2) is 9.84 Å². The average Bonchev–Trinajstić information content (AvgIpc) is 2.96. The molecule has 0 aliphatic carbocycles. The van der Waals surface area contributed by atoms with Crippen LogP contribution in [-0.4, -0.2) is 44.2 Å². The van der Waals surface area contributed by atoms with Crippen LogP contribution in [0.3, 0.4) is 0 Å². The number of likely N-dealkylation sites (N-methyl/N-ethyl adjacent to an activating group) is 1. The second kappa shape index (κ2) is 4.90. The predicted molar refractivity (Wildman–Crippen MR) is 80.8 cm³/mol. The summed E-state index contributed by atoms with van der Waals surface area (Å²) in [5.41, 5.74) is 2.22. The fourth-order valence-electron chi connectivity index (χ4n) is 3.05. The number of nitrogens with zero attached hydrogens (tertiary/aromatic N) is 1.